The summed E-state index contributed by atoms with van der Waals surface area (Å²) in [6, 6.07) is 18.0. The van der Waals surface area contributed by atoms with Crippen LogP contribution in [0.1, 0.15) is 50.6 Å². The standard InChI is InChI=1S/C23H25NS/c1-21(2)17-11-7-8-12-18(17)24-14-16-15-10-6-9-13-19(15)25-20(16)23(24,5)22(21,3)4/h6-13H,14H2,1-5H3. The second kappa shape index (κ2) is 4.48. The largest absolute Gasteiger partial charge is 0.356 e. The second-order valence-electron chi connectivity index (χ2n) is 8.83. The van der Waals surface area contributed by atoms with Crippen LogP contribution in [-0.2, 0) is 17.5 Å². The molecular formula is C23H25NS. The van der Waals surface area contributed by atoms with E-state index < -0.39 is 0 Å². The van der Waals surface area contributed by atoms with Gasteiger partial charge >= 0.3 is 0 Å². The first-order valence-corrected chi connectivity index (χ1v) is 10.00. The molecule has 25 heavy (non-hydrogen) atoms. The van der Waals surface area contributed by atoms with Crippen molar-refractivity contribution < 1.29 is 0 Å². The molecule has 2 heteroatoms. The number of anilines is 1. The lowest BCUT2D eigenvalue weighted by Crippen LogP contribution is -2.61. The van der Waals surface area contributed by atoms with Crippen molar-refractivity contribution in [3.05, 3.63) is 64.5 Å². The zero-order valence-electron chi connectivity index (χ0n) is 15.7. The molecular weight excluding hydrogens is 322 g/mol. The summed E-state index contributed by atoms with van der Waals surface area (Å²) in [7, 11) is 0. The summed E-state index contributed by atoms with van der Waals surface area (Å²) in [5, 5.41) is 1.45. The van der Waals surface area contributed by atoms with E-state index >= 15 is 0 Å². The third-order valence-corrected chi connectivity index (χ3v) is 9.07. The maximum absolute atomic E-state index is 2.68. The third-order valence-electron chi connectivity index (χ3n) is 7.64. The van der Waals surface area contributed by atoms with Crippen LogP contribution in [0.15, 0.2) is 48.5 Å². The fraction of sp³-hybridized carbons (Fsp3) is 0.391. The zero-order valence-corrected chi connectivity index (χ0v) is 16.5. The topological polar surface area (TPSA) is 3.24 Å². The Labute approximate surface area is 154 Å². The molecule has 1 unspecified atom stereocenters. The first kappa shape index (κ1) is 15.5. The molecule has 3 aromatic rings. The van der Waals surface area contributed by atoms with Crippen LogP contribution in [0.3, 0.4) is 0 Å². The van der Waals surface area contributed by atoms with Gasteiger partial charge in [0.15, 0.2) is 0 Å². The van der Waals surface area contributed by atoms with E-state index in [1.165, 1.54) is 21.3 Å². The number of rotatable bonds is 0. The highest BCUT2D eigenvalue weighted by molar-refractivity contribution is 7.19. The van der Waals surface area contributed by atoms with Crippen LogP contribution in [0.2, 0.25) is 0 Å². The number of thiophene rings is 1. The quantitative estimate of drug-likeness (QED) is 0.451. The van der Waals surface area contributed by atoms with E-state index in [1.54, 1.807) is 10.4 Å². The lowest BCUT2D eigenvalue weighted by molar-refractivity contribution is 0.0707. The number of para-hydroxylation sites is 1. The normalized spacial score (nSPS) is 25.6. The van der Waals surface area contributed by atoms with Gasteiger partial charge in [0.2, 0.25) is 0 Å². The van der Waals surface area contributed by atoms with Crippen molar-refractivity contribution >= 4 is 27.1 Å². The van der Waals surface area contributed by atoms with Gasteiger partial charge in [0.05, 0.1) is 5.54 Å². The maximum Gasteiger partial charge on any atom is 0.0784 e. The molecule has 0 saturated heterocycles. The monoisotopic (exact) mass is 347 g/mol. The Morgan fingerprint density at radius 2 is 1.56 bits per heavy atom. The molecule has 5 rings (SSSR count). The molecule has 0 N–H and O–H groups in total. The van der Waals surface area contributed by atoms with Gasteiger partial charge in [-0.05, 0) is 41.0 Å². The molecule has 2 aromatic carbocycles. The first-order valence-electron chi connectivity index (χ1n) is 9.18. The van der Waals surface area contributed by atoms with Gasteiger partial charge in [-0.2, -0.15) is 0 Å². The number of hydrogen-bond donors (Lipinski definition) is 0. The van der Waals surface area contributed by atoms with Gasteiger partial charge in [-0.25, -0.2) is 0 Å². The van der Waals surface area contributed by atoms with Crippen molar-refractivity contribution in [1.82, 2.24) is 0 Å². The molecule has 1 nitrogen and oxygen atoms in total. The Morgan fingerprint density at radius 3 is 2.36 bits per heavy atom. The van der Waals surface area contributed by atoms with Crippen molar-refractivity contribution in [2.24, 2.45) is 5.41 Å². The molecule has 128 valence electrons. The molecule has 0 radical (unpaired) electrons. The summed E-state index contributed by atoms with van der Waals surface area (Å²) in [5.74, 6) is 0. The van der Waals surface area contributed by atoms with Gasteiger partial charge in [-0.1, -0.05) is 64.1 Å². The lowest BCUT2D eigenvalue weighted by Gasteiger charge is -2.61. The Bertz CT molecular complexity index is 1010. The van der Waals surface area contributed by atoms with Gasteiger partial charge in [-0.15, -0.1) is 11.3 Å². The average molecular weight is 348 g/mol. The average Bonchev–Trinajstić information content (AvgIpc) is 3.10. The number of hydrogen-bond acceptors (Lipinski definition) is 2. The van der Waals surface area contributed by atoms with Crippen LogP contribution in [0.4, 0.5) is 5.69 Å². The van der Waals surface area contributed by atoms with Gasteiger partial charge in [0, 0.05) is 27.2 Å². The Hall–Kier alpha value is -1.80. The minimum absolute atomic E-state index is 0.0177. The SMILES string of the molecule is CC1(C)c2ccccc2N2Cc3c(sc4ccccc34)C2(C)C1(C)C. The van der Waals surface area contributed by atoms with Crippen LogP contribution >= 0.6 is 11.3 Å². The van der Waals surface area contributed by atoms with E-state index in [0.29, 0.717) is 0 Å². The number of benzene rings is 2. The van der Waals surface area contributed by atoms with Crippen LogP contribution < -0.4 is 4.90 Å². The van der Waals surface area contributed by atoms with Crippen molar-refractivity contribution in [3.63, 3.8) is 0 Å². The van der Waals surface area contributed by atoms with Gasteiger partial charge < -0.3 is 4.90 Å². The molecule has 0 amide bonds. The van der Waals surface area contributed by atoms with E-state index in [1.807, 2.05) is 11.3 Å². The summed E-state index contributed by atoms with van der Waals surface area (Å²) in [4.78, 5) is 4.25. The fourth-order valence-electron chi connectivity index (χ4n) is 5.22. The minimum atomic E-state index is 0.0177. The molecule has 0 spiro atoms. The van der Waals surface area contributed by atoms with Crippen LogP contribution in [0.5, 0.6) is 0 Å². The predicted octanol–water partition coefficient (Wildman–Crippen LogP) is 6.45. The molecule has 2 aliphatic heterocycles. The smallest absolute Gasteiger partial charge is 0.0784 e. The summed E-state index contributed by atoms with van der Waals surface area (Å²) >= 11 is 2.01. The highest BCUT2D eigenvalue weighted by atomic mass is 32.1. The molecule has 0 fully saturated rings. The highest BCUT2D eigenvalue weighted by Crippen LogP contribution is 2.66. The highest BCUT2D eigenvalue weighted by Gasteiger charge is 2.62. The fourth-order valence-corrected chi connectivity index (χ4v) is 6.75. The predicted molar refractivity (Wildman–Crippen MR) is 109 cm³/mol. The molecule has 1 atom stereocenters. The van der Waals surface area contributed by atoms with Crippen LogP contribution in [0, 0.1) is 5.41 Å². The van der Waals surface area contributed by atoms with E-state index in [-0.39, 0.29) is 16.4 Å². The molecule has 0 bridgehead atoms. The lowest BCUT2D eigenvalue weighted by atomic mass is 9.52. The summed E-state index contributed by atoms with van der Waals surface area (Å²) in [5.41, 5.74) is 4.68. The van der Waals surface area contributed by atoms with Crippen LogP contribution in [-0.4, -0.2) is 0 Å². The summed E-state index contributed by atoms with van der Waals surface area (Å²) in [6.07, 6.45) is 0. The van der Waals surface area contributed by atoms with Gasteiger partial charge in [-0.3, -0.25) is 0 Å². The molecule has 0 saturated carbocycles. The molecule has 1 aromatic heterocycles. The maximum atomic E-state index is 2.68. The second-order valence-corrected chi connectivity index (χ2v) is 9.88. The van der Waals surface area contributed by atoms with E-state index in [9.17, 15) is 0 Å². The molecule has 2 aliphatic rings. The number of fused-ring (bicyclic) bond motifs is 7. The van der Waals surface area contributed by atoms with E-state index in [2.05, 4.69) is 88.0 Å². The van der Waals surface area contributed by atoms with Crippen molar-refractivity contribution in [3.8, 4) is 0 Å². The minimum Gasteiger partial charge on any atom is -0.356 e. The molecule has 0 aliphatic carbocycles. The summed E-state index contributed by atoms with van der Waals surface area (Å²) in [6.45, 7) is 13.3. The van der Waals surface area contributed by atoms with E-state index in [0.717, 1.165) is 6.54 Å². The van der Waals surface area contributed by atoms with Gasteiger partial charge in [0.1, 0.15) is 0 Å². The Kier molecular flexibility index (Phi) is 2.77. The van der Waals surface area contributed by atoms with Crippen LogP contribution in [0.25, 0.3) is 10.1 Å². The first-order chi connectivity index (χ1) is 11.8. The third kappa shape index (κ3) is 1.56. The van der Waals surface area contributed by atoms with Crippen molar-refractivity contribution in [1.29, 1.82) is 0 Å². The summed E-state index contributed by atoms with van der Waals surface area (Å²) < 4.78 is 1.43. The van der Waals surface area contributed by atoms with Gasteiger partial charge in [0.25, 0.3) is 0 Å². The zero-order chi connectivity index (χ0) is 17.6. The molecule has 3 heterocycles. The number of nitrogens with zero attached hydrogens (tertiary/aromatic N) is 1. The Balaban J connectivity index is 1.88. The van der Waals surface area contributed by atoms with Crippen molar-refractivity contribution in [2.75, 3.05) is 4.90 Å². The van der Waals surface area contributed by atoms with E-state index in [4.69, 9.17) is 0 Å². The van der Waals surface area contributed by atoms with Crippen molar-refractivity contribution in [2.45, 2.75) is 52.1 Å². The Morgan fingerprint density at radius 1 is 0.880 bits per heavy atom.